The summed E-state index contributed by atoms with van der Waals surface area (Å²) in [5.41, 5.74) is 8.43. The second-order valence-corrected chi connectivity index (χ2v) is 6.67. The maximum Gasteiger partial charge on any atom is 0.269 e. The Bertz CT molecular complexity index is 1010. The molecule has 29 heavy (non-hydrogen) atoms. The Balaban J connectivity index is 0.00000145. The van der Waals surface area contributed by atoms with Gasteiger partial charge >= 0.3 is 0 Å². The standard InChI is InChI=1S/C20H23N5O2.C2H6/c1-4-5-18(26)24(3)12-14-6-7-16-15(11-14)19(20(21)27)23-25(16)17-10-13(2)8-9-22-17;1-2/h6-11H,4-5,12H2,1-3H3,(H2,21,27);1-2H3. The number of nitrogens with two attached hydrogens (primary N) is 1. The number of primary amides is 1. The Hall–Kier alpha value is -3.22. The van der Waals surface area contributed by atoms with E-state index in [9.17, 15) is 9.59 Å². The van der Waals surface area contributed by atoms with Gasteiger partial charge in [0.2, 0.25) is 5.91 Å². The van der Waals surface area contributed by atoms with Crippen LogP contribution in [0.5, 0.6) is 0 Å². The Morgan fingerprint density at radius 3 is 2.52 bits per heavy atom. The zero-order valence-electron chi connectivity index (χ0n) is 17.8. The molecule has 0 fully saturated rings. The van der Waals surface area contributed by atoms with Gasteiger partial charge in [-0.2, -0.15) is 5.10 Å². The van der Waals surface area contributed by atoms with Crippen LogP contribution in [0.25, 0.3) is 16.7 Å². The molecule has 2 amide bonds. The van der Waals surface area contributed by atoms with Gasteiger partial charge in [0.05, 0.1) is 5.52 Å². The van der Waals surface area contributed by atoms with E-state index < -0.39 is 5.91 Å². The van der Waals surface area contributed by atoms with Crippen LogP contribution in [0.3, 0.4) is 0 Å². The monoisotopic (exact) mass is 395 g/mol. The van der Waals surface area contributed by atoms with E-state index in [0.717, 1.165) is 23.1 Å². The van der Waals surface area contributed by atoms with Crippen molar-refractivity contribution >= 4 is 22.7 Å². The maximum absolute atomic E-state index is 12.0. The smallest absolute Gasteiger partial charge is 0.269 e. The number of rotatable bonds is 6. The molecule has 154 valence electrons. The fourth-order valence-electron chi connectivity index (χ4n) is 3.02. The number of carbonyl (C=O) groups is 2. The molecule has 0 spiro atoms. The Morgan fingerprint density at radius 2 is 1.90 bits per heavy atom. The summed E-state index contributed by atoms with van der Waals surface area (Å²) in [6, 6.07) is 9.46. The number of hydrogen-bond acceptors (Lipinski definition) is 4. The Kier molecular flexibility index (Phi) is 7.47. The van der Waals surface area contributed by atoms with Crippen LogP contribution >= 0.6 is 0 Å². The van der Waals surface area contributed by atoms with Crippen LogP contribution in [0.2, 0.25) is 0 Å². The molecule has 0 saturated carbocycles. The third kappa shape index (κ3) is 4.99. The minimum Gasteiger partial charge on any atom is -0.364 e. The first kappa shape index (κ1) is 22.1. The van der Waals surface area contributed by atoms with Gasteiger partial charge in [-0.3, -0.25) is 9.59 Å². The predicted octanol–water partition coefficient (Wildman–Crippen LogP) is 3.61. The fraction of sp³-hybridized carbons (Fsp3) is 0.364. The molecule has 0 unspecified atom stereocenters. The van der Waals surface area contributed by atoms with Gasteiger partial charge in [-0.15, -0.1) is 0 Å². The number of pyridine rings is 1. The molecular formula is C22H29N5O2. The summed E-state index contributed by atoms with van der Waals surface area (Å²) >= 11 is 0. The topological polar surface area (TPSA) is 94.1 Å². The molecule has 2 heterocycles. The molecular weight excluding hydrogens is 366 g/mol. The fourth-order valence-corrected chi connectivity index (χ4v) is 3.02. The molecule has 0 radical (unpaired) electrons. The Labute approximate surface area is 171 Å². The van der Waals surface area contributed by atoms with E-state index >= 15 is 0 Å². The third-order valence-corrected chi connectivity index (χ3v) is 4.41. The van der Waals surface area contributed by atoms with Crippen molar-refractivity contribution in [1.82, 2.24) is 19.7 Å². The molecule has 3 rings (SSSR count). The van der Waals surface area contributed by atoms with Crippen molar-refractivity contribution in [2.24, 2.45) is 5.73 Å². The molecule has 0 atom stereocenters. The second-order valence-electron chi connectivity index (χ2n) is 6.67. The molecule has 3 aromatic rings. The van der Waals surface area contributed by atoms with Crippen LogP contribution in [0, 0.1) is 6.92 Å². The molecule has 0 aliphatic carbocycles. The van der Waals surface area contributed by atoms with E-state index in [1.54, 1.807) is 22.8 Å². The lowest BCUT2D eigenvalue weighted by Gasteiger charge is -2.17. The lowest BCUT2D eigenvalue weighted by atomic mass is 10.1. The number of nitrogens with zero attached hydrogens (tertiary/aromatic N) is 4. The first-order chi connectivity index (χ1) is 13.9. The first-order valence-electron chi connectivity index (χ1n) is 9.89. The first-order valence-corrected chi connectivity index (χ1v) is 9.89. The normalized spacial score (nSPS) is 10.4. The second kappa shape index (κ2) is 9.82. The molecule has 0 aliphatic heterocycles. The number of amides is 2. The molecule has 1 aromatic carbocycles. The molecule has 2 N–H and O–H groups in total. The highest BCUT2D eigenvalue weighted by Gasteiger charge is 2.18. The minimum atomic E-state index is -0.598. The van der Waals surface area contributed by atoms with E-state index in [1.807, 2.05) is 58.0 Å². The van der Waals surface area contributed by atoms with Crippen molar-refractivity contribution in [2.45, 2.75) is 47.1 Å². The van der Waals surface area contributed by atoms with E-state index in [0.29, 0.717) is 24.2 Å². The van der Waals surface area contributed by atoms with Crippen molar-refractivity contribution in [3.8, 4) is 5.82 Å². The number of fused-ring (bicyclic) bond motifs is 1. The summed E-state index contributed by atoms with van der Waals surface area (Å²) in [5, 5.41) is 5.04. The lowest BCUT2D eigenvalue weighted by molar-refractivity contribution is -0.130. The number of aryl methyl sites for hydroxylation is 1. The van der Waals surface area contributed by atoms with Gasteiger partial charge in [0.1, 0.15) is 0 Å². The number of benzene rings is 1. The van der Waals surface area contributed by atoms with Crippen LogP contribution in [0.1, 0.15) is 55.2 Å². The summed E-state index contributed by atoms with van der Waals surface area (Å²) in [7, 11) is 1.78. The molecule has 0 saturated heterocycles. The van der Waals surface area contributed by atoms with E-state index in [2.05, 4.69) is 10.1 Å². The maximum atomic E-state index is 12.0. The molecule has 0 bridgehead atoms. The summed E-state index contributed by atoms with van der Waals surface area (Å²) in [5.74, 6) is 0.113. The van der Waals surface area contributed by atoms with Gasteiger partial charge < -0.3 is 10.6 Å². The van der Waals surface area contributed by atoms with Crippen LogP contribution in [-0.4, -0.2) is 38.5 Å². The van der Waals surface area contributed by atoms with Gasteiger partial charge in [0, 0.05) is 31.6 Å². The van der Waals surface area contributed by atoms with Crippen molar-refractivity contribution in [1.29, 1.82) is 0 Å². The highest BCUT2D eigenvalue weighted by molar-refractivity contribution is 6.04. The SMILES string of the molecule is CC.CCCC(=O)N(C)Cc1ccc2c(c1)c(C(N)=O)nn2-c1cc(C)ccn1. The van der Waals surface area contributed by atoms with Gasteiger partial charge in [-0.05, 0) is 48.7 Å². The van der Waals surface area contributed by atoms with Gasteiger partial charge in [-0.1, -0.05) is 26.8 Å². The minimum absolute atomic E-state index is 0.0902. The largest absolute Gasteiger partial charge is 0.364 e. The highest BCUT2D eigenvalue weighted by atomic mass is 16.2. The summed E-state index contributed by atoms with van der Waals surface area (Å²) in [6.07, 6.45) is 3.03. The van der Waals surface area contributed by atoms with Crippen molar-refractivity contribution in [2.75, 3.05) is 7.05 Å². The highest BCUT2D eigenvalue weighted by Crippen LogP contribution is 2.23. The lowest BCUT2D eigenvalue weighted by Crippen LogP contribution is -2.25. The van der Waals surface area contributed by atoms with Crippen LogP contribution < -0.4 is 5.73 Å². The molecule has 7 heteroatoms. The van der Waals surface area contributed by atoms with E-state index in [1.165, 1.54) is 0 Å². The summed E-state index contributed by atoms with van der Waals surface area (Å²) in [4.78, 5) is 30.0. The zero-order chi connectivity index (χ0) is 21.6. The molecule has 2 aromatic heterocycles. The zero-order valence-corrected chi connectivity index (χ0v) is 17.8. The molecule has 7 nitrogen and oxygen atoms in total. The van der Waals surface area contributed by atoms with Crippen molar-refractivity contribution < 1.29 is 9.59 Å². The van der Waals surface area contributed by atoms with Crippen molar-refractivity contribution in [3.63, 3.8) is 0 Å². The average Bonchev–Trinajstić information content (AvgIpc) is 3.09. The number of aromatic nitrogens is 3. The van der Waals surface area contributed by atoms with Gasteiger partial charge in [-0.25, -0.2) is 9.67 Å². The summed E-state index contributed by atoms with van der Waals surface area (Å²) < 4.78 is 1.62. The third-order valence-electron chi connectivity index (χ3n) is 4.41. The van der Waals surface area contributed by atoms with Crippen LogP contribution in [-0.2, 0) is 11.3 Å². The van der Waals surface area contributed by atoms with Crippen molar-refractivity contribution in [3.05, 3.63) is 53.3 Å². The van der Waals surface area contributed by atoms with Gasteiger partial charge in [0.25, 0.3) is 5.91 Å². The van der Waals surface area contributed by atoms with E-state index in [4.69, 9.17) is 5.73 Å². The summed E-state index contributed by atoms with van der Waals surface area (Å²) in [6.45, 7) is 8.40. The average molecular weight is 396 g/mol. The van der Waals surface area contributed by atoms with Crippen LogP contribution in [0.15, 0.2) is 36.5 Å². The van der Waals surface area contributed by atoms with Gasteiger partial charge in [0.15, 0.2) is 11.5 Å². The van der Waals surface area contributed by atoms with E-state index in [-0.39, 0.29) is 11.6 Å². The quantitative estimate of drug-likeness (QED) is 0.690. The number of carbonyl (C=O) groups excluding carboxylic acids is 2. The van der Waals surface area contributed by atoms with Crippen LogP contribution in [0.4, 0.5) is 0 Å². The number of hydrogen-bond donors (Lipinski definition) is 1. The Morgan fingerprint density at radius 1 is 1.17 bits per heavy atom. The molecule has 0 aliphatic rings. The predicted molar refractivity (Wildman–Crippen MR) is 115 cm³/mol.